The van der Waals surface area contributed by atoms with Crippen molar-refractivity contribution in [3.05, 3.63) is 66.2 Å². The highest BCUT2D eigenvalue weighted by molar-refractivity contribution is 5.65. The fourth-order valence-electron chi connectivity index (χ4n) is 3.49. The molecule has 0 radical (unpaired) electrons. The number of para-hydroxylation sites is 1. The molecule has 0 spiro atoms. The van der Waals surface area contributed by atoms with Gasteiger partial charge in [-0.05, 0) is 26.0 Å². The van der Waals surface area contributed by atoms with E-state index in [1.807, 2.05) is 67.7 Å². The van der Waals surface area contributed by atoms with Gasteiger partial charge in [0.25, 0.3) is 0 Å². The standard InChI is InChI=1S/C26H31N3O3/c1-5-16-31-19-22(30)17-29(20(2)3)18-24-25(21-12-8-6-9-13-21)27-28(4)26(24)32-23-14-10-7-11-15-23/h1,6-15,20,22,30H,16-19H2,2-4H3/t22-/m1/s1. The Morgan fingerprint density at radius 3 is 2.38 bits per heavy atom. The Morgan fingerprint density at radius 1 is 1.09 bits per heavy atom. The molecule has 168 valence electrons. The van der Waals surface area contributed by atoms with Gasteiger partial charge < -0.3 is 14.6 Å². The molecule has 3 rings (SSSR count). The first-order valence-electron chi connectivity index (χ1n) is 10.8. The molecule has 0 saturated carbocycles. The van der Waals surface area contributed by atoms with Crippen molar-refractivity contribution in [3.8, 4) is 35.2 Å². The van der Waals surface area contributed by atoms with Crippen LogP contribution in [0.3, 0.4) is 0 Å². The number of terminal acetylenes is 1. The molecule has 1 heterocycles. The van der Waals surface area contributed by atoms with Crippen molar-refractivity contribution in [2.75, 3.05) is 19.8 Å². The summed E-state index contributed by atoms with van der Waals surface area (Å²) >= 11 is 0. The minimum atomic E-state index is -0.652. The van der Waals surface area contributed by atoms with E-state index in [4.69, 9.17) is 21.0 Å². The number of aryl methyl sites for hydroxylation is 1. The van der Waals surface area contributed by atoms with E-state index in [2.05, 4.69) is 24.7 Å². The number of hydrogen-bond acceptors (Lipinski definition) is 5. The number of hydrogen-bond donors (Lipinski definition) is 1. The Bertz CT molecular complexity index is 1010. The predicted octanol–water partition coefficient (Wildman–Crippen LogP) is 4.10. The first kappa shape index (κ1) is 23.6. The highest BCUT2D eigenvalue weighted by Crippen LogP contribution is 2.34. The Morgan fingerprint density at radius 2 is 1.75 bits per heavy atom. The van der Waals surface area contributed by atoms with Gasteiger partial charge in [0, 0.05) is 31.7 Å². The number of aromatic nitrogens is 2. The van der Waals surface area contributed by atoms with Crippen LogP contribution in [0.2, 0.25) is 0 Å². The minimum absolute atomic E-state index is 0.186. The molecular weight excluding hydrogens is 402 g/mol. The van der Waals surface area contributed by atoms with Gasteiger partial charge in [0.2, 0.25) is 5.88 Å². The summed E-state index contributed by atoms with van der Waals surface area (Å²) in [6, 6.07) is 19.9. The quantitative estimate of drug-likeness (QED) is 0.364. The highest BCUT2D eigenvalue weighted by Gasteiger charge is 2.24. The third-order valence-electron chi connectivity index (χ3n) is 5.13. The lowest BCUT2D eigenvalue weighted by molar-refractivity contribution is 0.0191. The molecule has 0 aliphatic carbocycles. The van der Waals surface area contributed by atoms with Crippen molar-refractivity contribution < 1.29 is 14.6 Å². The third-order valence-corrected chi connectivity index (χ3v) is 5.13. The van der Waals surface area contributed by atoms with Crippen molar-refractivity contribution in [1.82, 2.24) is 14.7 Å². The summed E-state index contributed by atoms with van der Waals surface area (Å²) in [5, 5.41) is 15.3. The van der Waals surface area contributed by atoms with Gasteiger partial charge in [-0.15, -0.1) is 6.42 Å². The number of aliphatic hydroxyl groups is 1. The molecule has 1 aromatic heterocycles. The lowest BCUT2D eigenvalue weighted by Gasteiger charge is -2.29. The Labute approximate surface area is 190 Å². The first-order chi connectivity index (χ1) is 15.5. The van der Waals surface area contributed by atoms with E-state index in [-0.39, 0.29) is 19.3 Å². The van der Waals surface area contributed by atoms with Crippen LogP contribution in [0, 0.1) is 12.3 Å². The van der Waals surface area contributed by atoms with Gasteiger partial charge in [0.15, 0.2) is 0 Å². The molecule has 1 N–H and O–H groups in total. The minimum Gasteiger partial charge on any atom is -0.439 e. The van der Waals surface area contributed by atoms with Gasteiger partial charge in [0.05, 0.1) is 18.3 Å². The monoisotopic (exact) mass is 433 g/mol. The Hall–Kier alpha value is -3.11. The molecule has 2 aromatic carbocycles. The van der Waals surface area contributed by atoms with E-state index in [1.165, 1.54) is 0 Å². The second-order valence-corrected chi connectivity index (χ2v) is 7.93. The van der Waals surface area contributed by atoms with Crippen LogP contribution in [0.1, 0.15) is 19.4 Å². The van der Waals surface area contributed by atoms with Crippen LogP contribution in [-0.2, 0) is 18.3 Å². The van der Waals surface area contributed by atoms with Crippen molar-refractivity contribution in [2.24, 2.45) is 7.05 Å². The third kappa shape index (κ3) is 6.21. The van der Waals surface area contributed by atoms with Crippen LogP contribution in [0.25, 0.3) is 11.3 Å². The smallest absolute Gasteiger partial charge is 0.222 e. The topological polar surface area (TPSA) is 59.8 Å². The molecule has 0 fully saturated rings. The lowest BCUT2D eigenvalue weighted by atomic mass is 10.1. The molecule has 1 atom stereocenters. The van der Waals surface area contributed by atoms with Crippen LogP contribution in [0.4, 0.5) is 0 Å². The number of benzene rings is 2. The summed E-state index contributed by atoms with van der Waals surface area (Å²) in [6.45, 7) is 5.59. The number of nitrogens with zero attached hydrogens (tertiary/aromatic N) is 3. The van der Waals surface area contributed by atoms with Crippen molar-refractivity contribution >= 4 is 0 Å². The second kappa shape index (κ2) is 11.5. The zero-order valence-electron chi connectivity index (χ0n) is 18.9. The summed E-state index contributed by atoms with van der Waals surface area (Å²) < 4.78 is 13.4. The average molecular weight is 434 g/mol. The molecule has 0 unspecified atom stereocenters. The maximum absolute atomic E-state index is 10.5. The second-order valence-electron chi connectivity index (χ2n) is 7.93. The average Bonchev–Trinajstić information content (AvgIpc) is 3.10. The van der Waals surface area contributed by atoms with Crippen LogP contribution < -0.4 is 4.74 Å². The molecule has 3 aromatic rings. The predicted molar refractivity (Wildman–Crippen MR) is 126 cm³/mol. The maximum atomic E-state index is 10.5. The Kier molecular flexibility index (Phi) is 8.46. The summed E-state index contributed by atoms with van der Waals surface area (Å²) in [5.74, 6) is 3.85. The SMILES string of the molecule is C#CCOC[C@H](O)CN(Cc1c(-c2ccccc2)nn(C)c1Oc1ccccc1)C(C)C. The van der Waals surface area contributed by atoms with Gasteiger partial charge in [-0.1, -0.05) is 54.5 Å². The fraction of sp³-hybridized carbons (Fsp3) is 0.346. The molecule has 0 saturated heterocycles. The van der Waals surface area contributed by atoms with Gasteiger partial charge in [-0.2, -0.15) is 5.10 Å². The van der Waals surface area contributed by atoms with Crippen molar-refractivity contribution in [1.29, 1.82) is 0 Å². The summed E-state index contributed by atoms with van der Waals surface area (Å²) in [4.78, 5) is 2.19. The molecule has 6 nitrogen and oxygen atoms in total. The van der Waals surface area contributed by atoms with Gasteiger partial charge in [-0.25, -0.2) is 4.68 Å². The molecule has 6 heteroatoms. The van der Waals surface area contributed by atoms with Gasteiger partial charge in [0.1, 0.15) is 18.1 Å². The van der Waals surface area contributed by atoms with Crippen molar-refractivity contribution in [2.45, 2.75) is 32.5 Å². The molecular formula is C26H31N3O3. The van der Waals surface area contributed by atoms with Gasteiger partial charge in [-0.3, -0.25) is 4.90 Å². The van der Waals surface area contributed by atoms with Crippen LogP contribution in [-0.4, -0.2) is 51.7 Å². The van der Waals surface area contributed by atoms with Gasteiger partial charge >= 0.3 is 0 Å². The number of rotatable bonds is 11. The van der Waals surface area contributed by atoms with Crippen LogP contribution in [0.5, 0.6) is 11.6 Å². The van der Waals surface area contributed by atoms with Crippen molar-refractivity contribution in [3.63, 3.8) is 0 Å². The summed E-state index contributed by atoms with van der Waals surface area (Å²) in [5.41, 5.74) is 2.85. The molecule has 0 bridgehead atoms. The van der Waals surface area contributed by atoms with E-state index in [0.717, 1.165) is 22.6 Å². The van der Waals surface area contributed by atoms with E-state index < -0.39 is 6.10 Å². The fourth-order valence-corrected chi connectivity index (χ4v) is 3.49. The first-order valence-corrected chi connectivity index (χ1v) is 10.8. The van der Waals surface area contributed by atoms with Crippen LogP contribution in [0.15, 0.2) is 60.7 Å². The molecule has 0 aliphatic heterocycles. The van der Waals surface area contributed by atoms with Crippen LogP contribution >= 0.6 is 0 Å². The normalized spacial score (nSPS) is 12.2. The molecule has 0 amide bonds. The van der Waals surface area contributed by atoms with E-state index in [0.29, 0.717) is 19.0 Å². The number of ether oxygens (including phenoxy) is 2. The highest BCUT2D eigenvalue weighted by atomic mass is 16.5. The summed E-state index contributed by atoms with van der Waals surface area (Å²) in [7, 11) is 1.89. The summed E-state index contributed by atoms with van der Waals surface area (Å²) in [6.07, 6.45) is 4.58. The Balaban J connectivity index is 1.93. The lowest BCUT2D eigenvalue weighted by Crippen LogP contribution is -2.39. The molecule has 32 heavy (non-hydrogen) atoms. The zero-order chi connectivity index (χ0) is 22.9. The zero-order valence-corrected chi connectivity index (χ0v) is 18.9. The number of aliphatic hydroxyl groups excluding tert-OH is 1. The van der Waals surface area contributed by atoms with E-state index in [9.17, 15) is 5.11 Å². The van der Waals surface area contributed by atoms with E-state index in [1.54, 1.807) is 4.68 Å². The van der Waals surface area contributed by atoms with E-state index >= 15 is 0 Å². The molecule has 0 aliphatic rings. The largest absolute Gasteiger partial charge is 0.439 e. The maximum Gasteiger partial charge on any atom is 0.222 e.